The zero-order chi connectivity index (χ0) is 10.7. The number of halogens is 1. The molecule has 4 heteroatoms. The van der Waals surface area contributed by atoms with E-state index in [1.807, 2.05) is 0 Å². The summed E-state index contributed by atoms with van der Waals surface area (Å²) in [5.41, 5.74) is 5.89. The average Bonchev–Trinajstić information content (AvgIpc) is 2.22. The minimum Gasteiger partial charge on any atom is -0.357 e. The van der Waals surface area contributed by atoms with Gasteiger partial charge in [0.2, 0.25) is 0 Å². The summed E-state index contributed by atoms with van der Waals surface area (Å²) in [5, 5.41) is 3.27. The normalized spacial score (nSPS) is 35.9. The summed E-state index contributed by atoms with van der Waals surface area (Å²) in [6.45, 7) is 0. The van der Waals surface area contributed by atoms with Gasteiger partial charge in [0.05, 0.1) is 6.04 Å². The molecule has 1 aliphatic carbocycles. The van der Waals surface area contributed by atoms with Gasteiger partial charge in [-0.2, -0.15) is 0 Å². The molecule has 0 bridgehead atoms. The minimum atomic E-state index is 0.316. The molecule has 1 atom stereocenters. The van der Waals surface area contributed by atoms with E-state index in [4.69, 9.17) is 5.73 Å². The Hall–Kier alpha value is -0.350. The van der Waals surface area contributed by atoms with Crippen molar-refractivity contribution in [3.8, 4) is 0 Å². The van der Waals surface area contributed by atoms with Crippen molar-refractivity contribution in [3.63, 3.8) is 0 Å². The first-order chi connectivity index (χ1) is 7.24. The van der Waals surface area contributed by atoms with Gasteiger partial charge in [-0.05, 0) is 60.0 Å². The monoisotopic (exact) mass is 270 g/mol. The van der Waals surface area contributed by atoms with E-state index in [-0.39, 0.29) is 0 Å². The molecule has 3 N–H and O–H groups in total. The largest absolute Gasteiger partial charge is 0.357 e. The highest BCUT2D eigenvalue weighted by Crippen LogP contribution is 2.27. The molecule has 0 aromatic rings. The van der Waals surface area contributed by atoms with Crippen LogP contribution in [-0.2, 0) is 0 Å². The molecule has 0 aromatic heterocycles. The van der Waals surface area contributed by atoms with Gasteiger partial charge < -0.3 is 11.1 Å². The van der Waals surface area contributed by atoms with Crippen LogP contribution in [0, 0.1) is 12.0 Å². The number of nitrogens with two attached hydrogens (primary N) is 1. The molecular weight excluding hydrogens is 254 g/mol. The Kier molecular flexibility index (Phi) is 3.81. The van der Waals surface area contributed by atoms with Crippen molar-refractivity contribution in [1.29, 1.82) is 0 Å². The Labute approximate surface area is 99.3 Å². The lowest BCUT2D eigenvalue weighted by Gasteiger charge is -2.29. The molecule has 2 aliphatic rings. The van der Waals surface area contributed by atoms with Gasteiger partial charge in [0, 0.05) is 12.2 Å². The third kappa shape index (κ3) is 3.31. The van der Waals surface area contributed by atoms with Crippen LogP contribution in [0.25, 0.3) is 0 Å². The number of aliphatic imine (C=N–C) groups is 1. The fraction of sp³-hybridized carbons (Fsp3) is 0.727. The highest BCUT2D eigenvalue weighted by molar-refractivity contribution is 9.18. The third-order valence-electron chi connectivity index (χ3n) is 3.21. The Balaban J connectivity index is 1.78. The lowest BCUT2D eigenvalue weighted by molar-refractivity contribution is 0.297. The Morgan fingerprint density at radius 1 is 1.47 bits per heavy atom. The highest BCUT2D eigenvalue weighted by Gasteiger charge is 2.22. The molecule has 1 unspecified atom stereocenters. The fourth-order valence-corrected chi connectivity index (χ4v) is 2.67. The second-order valence-corrected chi connectivity index (χ2v) is 5.18. The van der Waals surface area contributed by atoms with Crippen molar-refractivity contribution in [2.45, 2.75) is 44.2 Å². The van der Waals surface area contributed by atoms with Gasteiger partial charge in [0.15, 0.2) is 4.74 Å². The summed E-state index contributed by atoms with van der Waals surface area (Å²) in [7, 11) is 0. The molecule has 0 saturated heterocycles. The first-order valence-electron chi connectivity index (χ1n) is 5.57. The van der Waals surface area contributed by atoms with Crippen molar-refractivity contribution >= 4 is 20.7 Å². The fourth-order valence-electron chi connectivity index (χ4n) is 2.29. The van der Waals surface area contributed by atoms with E-state index in [1.165, 1.54) is 25.7 Å². The predicted octanol–water partition coefficient (Wildman–Crippen LogP) is 1.93. The second kappa shape index (κ2) is 5.12. The Bertz CT molecular complexity index is 267. The van der Waals surface area contributed by atoms with Gasteiger partial charge in [0.25, 0.3) is 0 Å². The van der Waals surface area contributed by atoms with Gasteiger partial charge in [-0.25, -0.2) is 4.99 Å². The van der Waals surface area contributed by atoms with Crippen LogP contribution in [0.4, 0.5) is 0 Å². The molecule has 2 rings (SSSR count). The van der Waals surface area contributed by atoms with E-state index in [9.17, 15) is 0 Å². The molecule has 1 radical (unpaired) electrons. The molecule has 15 heavy (non-hydrogen) atoms. The third-order valence-corrected chi connectivity index (χ3v) is 3.64. The Morgan fingerprint density at radius 2 is 2.20 bits per heavy atom. The van der Waals surface area contributed by atoms with E-state index in [0.29, 0.717) is 12.1 Å². The van der Waals surface area contributed by atoms with Crippen LogP contribution in [0.15, 0.2) is 11.2 Å². The van der Waals surface area contributed by atoms with Crippen LogP contribution in [0.3, 0.4) is 0 Å². The van der Waals surface area contributed by atoms with E-state index < -0.39 is 0 Å². The standard InChI is InChI=1S/C11H17BrN3/c12-11-14-6-5-10(15-11)7-8-1-3-9(13)4-2-8/h6,8-10H,1-4,7,13H2,(H,14,15)/t8-,9-,10?. The van der Waals surface area contributed by atoms with E-state index in [1.54, 1.807) is 6.20 Å². The lowest BCUT2D eigenvalue weighted by atomic mass is 9.82. The first-order valence-corrected chi connectivity index (χ1v) is 6.36. The van der Waals surface area contributed by atoms with Gasteiger partial charge in [-0.15, -0.1) is 0 Å². The number of amidine groups is 1. The van der Waals surface area contributed by atoms with Crippen LogP contribution >= 0.6 is 15.9 Å². The summed E-state index contributed by atoms with van der Waals surface area (Å²) < 4.78 is 0.818. The van der Waals surface area contributed by atoms with Gasteiger partial charge in [-0.1, -0.05) is 0 Å². The van der Waals surface area contributed by atoms with Crippen molar-refractivity contribution < 1.29 is 0 Å². The maximum Gasteiger partial charge on any atom is 0.170 e. The van der Waals surface area contributed by atoms with Gasteiger partial charge in [-0.3, -0.25) is 0 Å². The minimum absolute atomic E-state index is 0.316. The second-order valence-electron chi connectivity index (χ2n) is 4.43. The van der Waals surface area contributed by atoms with Gasteiger partial charge in [0.1, 0.15) is 0 Å². The average molecular weight is 271 g/mol. The molecule has 83 valence electrons. The van der Waals surface area contributed by atoms with E-state index in [2.05, 4.69) is 32.3 Å². The van der Waals surface area contributed by atoms with Crippen molar-refractivity contribution in [2.24, 2.45) is 16.6 Å². The highest BCUT2D eigenvalue weighted by atomic mass is 79.9. The molecule has 1 fully saturated rings. The number of hydrogen-bond donors (Lipinski definition) is 2. The summed E-state index contributed by atoms with van der Waals surface area (Å²) in [6.07, 6.45) is 11.0. The van der Waals surface area contributed by atoms with Crippen molar-refractivity contribution in [1.82, 2.24) is 5.32 Å². The predicted molar refractivity (Wildman–Crippen MR) is 65.6 cm³/mol. The maximum atomic E-state index is 5.89. The zero-order valence-electron chi connectivity index (χ0n) is 8.75. The van der Waals surface area contributed by atoms with Crippen LogP contribution in [0.2, 0.25) is 0 Å². The smallest absolute Gasteiger partial charge is 0.170 e. The molecule has 1 saturated carbocycles. The van der Waals surface area contributed by atoms with Crippen molar-refractivity contribution in [2.75, 3.05) is 0 Å². The van der Waals surface area contributed by atoms with Crippen LogP contribution in [-0.4, -0.2) is 16.8 Å². The summed E-state index contributed by atoms with van der Waals surface area (Å²) in [4.78, 5) is 4.05. The SMILES string of the molecule is N[C@H]1CC[C@H](CC2[C]=CN=C(Br)N2)CC1. The molecule has 3 nitrogen and oxygen atoms in total. The zero-order valence-corrected chi connectivity index (χ0v) is 10.3. The van der Waals surface area contributed by atoms with Gasteiger partial charge >= 0.3 is 0 Å². The number of nitrogens with one attached hydrogen (secondary N) is 1. The molecular formula is C11H17BrN3. The van der Waals surface area contributed by atoms with Crippen LogP contribution < -0.4 is 11.1 Å². The lowest BCUT2D eigenvalue weighted by Crippen LogP contribution is -2.36. The number of rotatable bonds is 2. The first kappa shape index (κ1) is 11.1. The van der Waals surface area contributed by atoms with Crippen LogP contribution in [0.5, 0.6) is 0 Å². The number of nitrogens with zero attached hydrogens (tertiary/aromatic N) is 1. The quantitative estimate of drug-likeness (QED) is 0.754. The topological polar surface area (TPSA) is 50.4 Å². The molecule has 1 aliphatic heterocycles. The molecule has 1 heterocycles. The van der Waals surface area contributed by atoms with E-state index in [0.717, 1.165) is 17.1 Å². The summed E-state index contributed by atoms with van der Waals surface area (Å²) in [6, 6.07) is 0.754. The van der Waals surface area contributed by atoms with Crippen molar-refractivity contribution in [3.05, 3.63) is 12.3 Å². The van der Waals surface area contributed by atoms with E-state index >= 15 is 0 Å². The maximum absolute atomic E-state index is 5.89. The number of hydrogen-bond acceptors (Lipinski definition) is 3. The summed E-state index contributed by atoms with van der Waals surface area (Å²) in [5.74, 6) is 0.793. The molecule has 0 spiro atoms. The van der Waals surface area contributed by atoms with Crippen LogP contribution in [0.1, 0.15) is 32.1 Å². The summed E-state index contributed by atoms with van der Waals surface area (Å²) >= 11 is 3.35. The molecule has 0 aromatic carbocycles. The molecule has 0 amide bonds. The Morgan fingerprint density at radius 3 is 2.87 bits per heavy atom.